The number of nitrogens with zero attached hydrogens (tertiary/aromatic N) is 4. The molecule has 0 bridgehead atoms. The molecule has 1 aliphatic rings. The minimum atomic E-state index is -0.530. The summed E-state index contributed by atoms with van der Waals surface area (Å²) in [6.45, 7) is 6.96. The topological polar surface area (TPSA) is 125 Å². The molecule has 3 N–H and O–H groups in total. The molecule has 40 heavy (non-hydrogen) atoms. The lowest BCUT2D eigenvalue weighted by Gasteiger charge is -2.33. The van der Waals surface area contributed by atoms with Gasteiger partial charge in [-0.15, -0.1) is 0 Å². The second kappa shape index (κ2) is 11.3. The van der Waals surface area contributed by atoms with Crippen molar-refractivity contribution in [1.29, 1.82) is 0 Å². The molecule has 2 amide bonds. The van der Waals surface area contributed by atoms with Crippen LogP contribution in [-0.4, -0.2) is 50.5 Å². The Kier molecular flexibility index (Phi) is 7.59. The minimum absolute atomic E-state index is 0.0945. The molecular weight excluding hydrogens is 508 g/mol. The van der Waals surface area contributed by atoms with Gasteiger partial charge in [0.05, 0.1) is 16.9 Å². The number of likely N-dealkylation sites (tertiary alicyclic amines) is 1. The molecule has 0 spiro atoms. The maximum atomic E-state index is 12.5. The Morgan fingerprint density at radius 2 is 1.73 bits per heavy atom. The van der Waals surface area contributed by atoms with Gasteiger partial charge >= 0.3 is 12.2 Å². The number of anilines is 2. The van der Waals surface area contributed by atoms with Crippen molar-refractivity contribution in [3.8, 4) is 11.3 Å². The molecule has 3 heterocycles. The van der Waals surface area contributed by atoms with E-state index in [4.69, 9.17) is 20.3 Å². The average molecular weight is 543 g/mol. The van der Waals surface area contributed by atoms with Gasteiger partial charge in [0.15, 0.2) is 0 Å². The highest BCUT2D eigenvalue weighted by Crippen LogP contribution is 2.35. The van der Waals surface area contributed by atoms with E-state index in [0.717, 1.165) is 34.9 Å². The van der Waals surface area contributed by atoms with E-state index in [9.17, 15) is 9.59 Å². The Bertz CT molecular complexity index is 1490. The fraction of sp³-hybridized carbons (Fsp3) is 0.333. The molecule has 5 rings (SSSR count). The van der Waals surface area contributed by atoms with E-state index in [1.807, 2.05) is 74.0 Å². The van der Waals surface area contributed by atoms with E-state index >= 15 is 0 Å². The van der Waals surface area contributed by atoms with Gasteiger partial charge in [-0.2, -0.15) is 5.10 Å². The third kappa shape index (κ3) is 6.17. The van der Waals surface area contributed by atoms with E-state index in [2.05, 4.69) is 10.3 Å². The Hall–Kier alpha value is -4.60. The van der Waals surface area contributed by atoms with E-state index in [1.165, 1.54) is 0 Å². The Morgan fingerprint density at radius 1 is 1.02 bits per heavy atom. The molecule has 2 aromatic carbocycles. The average Bonchev–Trinajstić information content (AvgIpc) is 3.33. The van der Waals surface area contributed by atoms with Crippen LogP contribution < -0.4 is 11.1 Å². The summed E-state index contributed by atoms with van der Waals surface area (Å²) in [5.74, 6) is 0.400. The number of pyridine rings is 1. The van der Waals surface area contributed by atoms with Gasteiger partial charge in [-0.1, -0.05) is 42.5 Å². The van der Waals surface area contributed by atoms with Crippen LogP contribution in [0.4, 0.5) is 21.1 Å². The molecule has 208 valence electrons. The van der Waals surface area contributed by atoms with Crippen molar-refractivity contribution in [2.45, 2.75) is 51.9 Å². The first kappa shape index (κ1) is 27.0. The number of hydrogen-bond donors (Lipinski definition) is 2. The van der Waals surface area contributed by atoms with Crippen LogP contribution in [0, 0.1) is 0 Å². The fourth-order valence-corrected chi connectivity index (χ4v) is 4.80. The molecule has 10 heteroatoms. The monoisotopic (exact) mass is 542 g/mol. The van der Waals surface area contributed by atoms with Gasteiger partial charge in [0, 0.05) is 30.5 Å². The number of piperidine rings is 1. The van der Waals surface area contributed by atoms with Crippen LogP contribution in [0.25, 0.3) is 22.2 Å². The predicted octanol–water partition coefficient (Wildman–Crippen LogP) is 6.00. The zero-order valence-corrected chi connectivity index (χ0v) is 23.0. The first-order valence-electron chi connectivity index (χ1n) is 13.4. The quantitative estimate of drug-likeness (QED) is 0.317. The Balaban J connectivity index is 1.30. The lowest BCUT2D eigenvalue weighted by Crippen LogP contribution is -2.42. The van der Waals surface area contributed by atoms with Crippen molar-refractivity contribution >= 4 is 34.6 Å². The smallest absolute Gasteiger partial charge is 0.411 e. The number of nitrogen functional groups attached to an aromatic ring is 1. The summed E-state index contributed by atoms with van der Waals surface area (Å²) >= 11 is 0. The molecule has 0 saturated carbocycles. The third-order valence-corrected chi connectivity index (χ3v) is 6.73. The van der Waals surface area contributed by atoms with Crippen molar-refractivity contribution in [3.05, 3.63) is 72.4 Å². The van der Waals surface area contributed by atoms with E-state index in [-0.39, 0.29) is 18.7 Å². The van der Waals surface area contributed by atoms with Crippen molar-refractivity contribution < 1.29 is 19.1 Å². The predicted molar refractivity (Wildman–Crippen MR) is 154 cm³/mol. The maximum Gasteiger partial charge on any atom is 0.411 e. The van der Waals surface area contributed by atoms with Crippen molar-refractivity contribution in [2.24, 2.45) is 0 Å². The molecule has 1 aliphatic heterocycles. The number of hydrogen-bond acceptors (Lipinski definition) is 7. The standard InChI is InChI=1S/C30H34N6O4/c1-30(2,3)40-29(38)35-17-14-23(15-18-35)36-24-13-16-32-27(31)25(24)26(34-36)21-9-11-22(12-10-21)33-28(37)39-19-20-7-5-4-6-8-20/h4-13,16,23H,14-15,17-19H2,1-3H3,(H2,31,32)(H,33,37). The van der Waals surface area contributed by atoms with Crippen LogP contribution in [0.15, 0.2) is 66.9 Å². The highest BCUT2D eigenvalue weighted by atomic mass is 16.6. The van der Waals surface area contributed by atoms with Gasteiger partial charge in [-0.25, -0.2) is 14.6 Å². The summed E-state index contributed by atoms with van der Waals surface area (Å²) in [5.41, 5.74) is 9.77. The van der Waals surface area contributed by atoms with E-state index < -0.39 is 11.7 Å². The highest BCUT2D eigenvalue weighted by molar-refractivity contribution is 6.00. The molecule has 1 saturated heterocycles. The lowest BCUT2D eigenvalue weighted by atomic mass is 10.1. The van der Waals surface area contributed by atoms with Crippen LogP contribution in [0.5, 0.6) is 0 Å². The van der Waals surface area contributed by atoms with Gasteiger partial charge in [-0.3, -0.25) is 10.00 Å². The number of benzene rings is 2. The van der Waals surface area contributed by atoms with E-state index in [1.54, 1.807) is 23.2 Å². The summed E-state index contributed by atoms with van der Waals surface area (Å²) in [4.78, 5) is 30.8. The molecule has 2 aromatic heterocycles. The molecule has 1 fully saturated rings. The Morgan fingerprint density at radius 3 is 2.40 bits per heavy atom. The Labute approximate surface area is 233 Å². The summed E-state index contributed by atoms with van der Waals surface area (Å²) in [6, 6.07) is 18.9. The van der Waals surface area contributed by atoms with Crippen LogP contribution >= 0.6 is 0 Å². The first-order valence-corrected chi connectivity index (χ1v) is 13.4. The second-order valence-corrected chi connectivity index (χ2v) is 10.8. The number of carbonyl (C=O) groups excluding carboxylic acids is 2. The summed E-state index contributed by atoms with van der Waals surface area (Å²) in [7, 11) is 0. The number of carbonyl (C=O) groups is 2. The zero-order chi connectivity index (χ0) is 28.3. The summed E-state index contributed by atoms with van der Waals surface area (Å²) < 4.78 is 12.9. The SMILES string of the molecule is CC(C)(C)OC(=O)N1CCC(n2nc(-c3ccc(NC(=O)OCc4ccccc4)cc3)c3c(N)nccc32)CC1. The van der Waals surface area contributed by atoms with Crippen molar-refractivity contribution in [1.82, 2.24) is 19.7 Å². The normalized spacial score (nSPS) is 14.2. The first-order chi connectivity index (χ1) is 19.2. The van der Waals surface area contributed by atoms with E-state index in [0.29, 0.717) is 30.3 Å². The molecule has 4 aromatic rings. The number of nitrogens with one attached hydrogen (secondary N) is 1. The van der Waals surface area contributed by atoms with Gasteiger partial charge in [-0.05, 0) is 57.4 Å². The number of nitrogens with two attached hydrogens (primary N) is 1. The van der Waals surface area contributed by atoms with Gasteiger partial charge < -0.3 is 20.1 Å². The molecule has 0 radical (unpaired) electrons. The molecule has 0 unspecified atom stereocenters. The second-order valence-electron chi connectivity index (χ2n) is 10.8. The number of ether oxygens (including phenoxy) is 2. The summed E-state index contributed by atoms with van der Waals surface area (Å²) in [6.07, 6.45) is 2.35. The van der Waals surface area contributed by atoms with Crippen molar-refractivity contribution in [2.75, 3.05) is 24.1 Å². The minimum Gasteiger partial charge on any atom is -0.444 e. The number of rotatable bonds is 5. The van der Waals surface area contributed by atoms with Crippen LogP contribution in [-0.2, 0) is 16.1 Å². The summed E-state index contributed by atoms with van der Waals surface area (Å²) in [5, 5.41) is 8.51. The van der Waals surface area contributed by atoms with Crippen molar-refractivity contribution in [3.63, 3.8) is 0 Å². The zero-order valence-electron chi connectivity index (χ0n) is 23.0. The molecular formula is C30H34N6O4. The number of fused-ring (bicyclic) bond motifs is 1. The van der Waals surface area contributed by atoms with Crippen LogP contribution in [0.1, 0.15) is 45.2 Å². The van der Waals surface area contributed by atoms with Gasteiger partial charge in [0.25, 0.3) is 0 Å². The highest BCUT2D eigenvalue weighted by Gasteiger charge is 2.29. The number of amides is 2. The number of aromatic nitrogens is 3. The maximum absolute atomic E-state index is 12.5. The van der Waals surface area contributed by atoms with Crippen LogP contribution in [0.3, 0.4) is 0 Å². The lowest BCUT2D eigenvalue weighted by molar-refractivity contribution is 0.0186. The molecule has 0 aliphatic carbocycles. The fourth-order valence-electron chi connectivity index (χ4n) is 4.80. The van der Waals surface area contributed by atoms with Gasteiger partial charge in [0.2, 0.25) is 0 Å². The molecule has 0 atom stereocenters. The van der Waals surface area contributed by atoms with Gasteiger partial charge in [0.1, 0.15) is 23.7 Å². The third-order valence-electron chi connectivity index (χ3n) is 6.73. The largest absolute Gasteiger partial charge is 0.444 e. The molecule has 10 nitrogen and oxygen atoms in total. The van der Waals surface area contributed by atoms with Crippen LogP contribution in [0.2, 0.25) is 0 Å².